The normalized spacial score (nSPS) is 19.9. The van der Waals surface area contributed by atoms with Gasteiger partial charge in [0.2, 0.25) is 0 Å². The molecule has 3 rings (SSSR count). The van der Waals surface area contributed by atoms with Crippen LogP contribution in [0.1, 0.15) is 45.9 Å². The molecule has 2 heteroatoms. The van der Waals surface area contributed by atoms with Gasteiger partial charge in [0.05, 0.1) is 5.54 Å². The summed E-state index contributed by atoms with van der Waals surface area (Å²) in [6.45, 7) is 10.2. The summed E-state index contributed by atoms with van der Waals surface area (Å²) in [5.74, 6) is -0.0924. The van der Waals surface area contributed by atoms with E-state index in [-0.39, 0.29) is 5.82 Å². The highest BCUT2D eigenvalue weighted by Crippen LogP contribution is 2.44. The van der Waals surface area contributed by atoms with Gasteiger partial charge in [0.15, 0.2) is 0 Å². The highest BCUT2D eigenvalue weighted by Gasteiger charge is 2.40. The Labute approximate surface area is 138 Å². The van der Waals surface area contributed by atoms with Crippen LogP contribution >= 0.6 is 0 Å². The lowest BCUT2D eigenvalue weighted by atomic mass is 9.75. The highest BCUT2D eigenvalue weighted by molar-refractivity contribution is 5.65. The third-order valence-corrected chi connectivity index (χ3v) is 5.47. The molecule has 1 unspecified atom stereocenters. The largest absolute Gasteiger partial charge is 0.367 e. The predicted molar refractivity (Wildman–Crippen MR) is 95.0 cm³/mol. The first-order valence-electron chi connectivity index (χ1n) is 8.06. The maximum absolute atomic E-state index is 15.2. The molecular weight excluding hydrogens is 285 g/mol. The minimum absolute atomic E-state index is 0.0924. The summed E-state index contributed by atoms with van der Waals surface area (Å²) < 4.78 is 15.2. The molecule has 1 heterocycles. The van der Waals surface area contributed by atoms with E-state index in [4.69, 9.17) is 0 Å². The number of benzene rings is 2. The molecule has 0 aromatic heterocycles. The maximum Gasteiger partial charge on any atom is 0.132 e. The van der Waals surface area contributed by atoms with Gasteiger partial charge in [-0.15, -0.1) is 0 Å². The lowest BCUT2D eigenvalue weighted by Crippen LogP contribution is -2.43. The molecule has 1 atom stereocenters. The van der Waals surface area contributed by atoms with Crippen molar-refractivity contribution in [1.29, 1.82) is 0 Å². The van der Waals surface area contributed by atoms with E-state index in [1.807, 2.05) is 27.0 Å². The Balaban J connectivity index is 2.41. The molecule has 0 fully saturated rings. The molecule has 0 aliphatic carbocycles. The molecular formula is C21H24FN. The number of fused-ring (bicyclic) bond motifs is 1. The van der Waals surface area contributed by atoms with Crippen LogP contribution in [0.2, 0.25) is 0 Å². The molecule has 0 spiro atoms. The molecule has 0 saturated carbocycles. The fourth-order valence-electron chi connectivity index (χ4n) is 3.80. The Morgan fingerprint density at radius 1 is 1.00 bits per heavy atom. The average Bonchev–Trinajstić information content (AvgIpc) is 2.50. The van der Waals surface area contributed by atoms with Crippen LogP contribution in [0.5, 0.6) is 0 Å². The zero-order chi connectivity index (χ0) is 16.9. The fraction of sp³-hybridized carbons (Fsp3) is 0.333. The highest BCUT2D eigenvalue weighted by atomic mass is 19.1. The van der Waals surface area contributed by atoms with Crippen molar-refractivity contribution in [3.05, 3.63) is 75.2 Å². The van der Waals surface area contributed by atoms with Crippen molar-refractivity contribution >= 4 is 6.08 Å². The molecule has 0 saturated heterocycles. The molecule has 2 aromatic rings. The summed E-state index contributed by atoms with van der Waals surface area (Å²) in [7, 11) is 2.03. The molecule has 1 aliphatic rings. The van der Waals surface area contributed by atoms with Crippen LogP contribution in [-0.2, 0) is 5.54 Å². The van der Waals surface area contributed by atoms with Gasteiger partial charge in [-0.25, -0.2) is 4.39 Å². The standard InChI is InChI=1S/C21H24FN/c1-13-8-7-9-18-17(13)10-11-23(6)21(18,5)19-16(4)14(2)12-15(3)20(19)22/h7-12H,1-6H3. The van der Waals surface area contributed by atoms with E-state index in [0.29, 0.717) is 5.56 Å². The van der Waals surface area contributed by atoms with Crippen LogP contribution in [0.25, 0.3) is 6.08 Å². The van der Waals surface area contributed by atoms with Gasteiger partial charge in [-0.1, -0.05) is 24.3 Å². The summed E-state index contributed by atoms with van der Waals surface area (Å²) >= 11 is 0. The van der Waals surface area contributed by atoms with Gasteiger partial charge < -0.3 is 4.90 Å². The number of hydrogen-bond donors (Lipinski definition) is 0. The lowest BCUT2D eigenvalue weighted by molar-refractivity contribution is 0.242. The zero-order valence-electron chi connectivity index (χ0n) is 14.8. The van der Waals surface area contributed by atoms with Crippen LogP contribution in [0.3, 0.4) is 0 Å². The van der Waals surface area contributed by atoms with E-state index in [2.05, 4.69) is 56.1 Å². The van der Waals surface area contributed by atoms with Crippen molar-refractivity contribution in [1.82, 2.24) is 4.90 Å². The molecule has 0 bridgehead atoms. The molecule has 0 radical (unpaired) electrons. The third kappa shape index (κ3) is 2.12. The van der Waals surface area contributed by atoms with Gasteiger partial charge in [0.25, 0.3) is 0 Å². The average molecular weight is 309 g/mol. The molecule has 2 aromatic carbocycles. The first-order valence-corrected chi connectivity index (χ1v) is 8.06. The van der Waals surface area contributed by atoms with E-state index in [1.165, 1.54) is 11.1 Å². The second-order valence-corrected chi connectivity index (χ2v) is 6.86. The summed E-state index contributed by atoms with van der Waals surface area (Å²) in [5.41, 5.74) is 6.74. The first-order chi connectivity index (χ1) is 10.8. The van der Waals surface area contributed by atoms with Crippen LogP contribution in [0, 0.1) is 33.5 Å². The summed E-state index contributed by atoms with van der Waals surface area (Å²) in [6.07, 6.45) is 4.19. The Bertz CT molecular complexity index is 793. The monoisotopic (exact) mass is 309 g/mol. The summed E-state index contributed by atoms with van der Waals surface area (Å²) in [5, 5.41) is 0. The maximum atomic E-state index is 15.2. The third-order valence-electron chi connectivity index (χ3n) is 5.47. The van der Waals surface area contributed by atoms with Gasteiger partial charge >= 0.3 is 0 Å². The number of nitrogens with zero attached hydrogens (tertiary/aromatic N) is 1. The Hall–Kier alpha value is -2.09. The predicted octanol–water partition coefficient (Wildman–Crippen LogP) is 5.24. The van der Waals surface area contributed by atoms with Gasteiger partial charge in [0, 0.05) is 18.8 Å². The Morgan fingerprint density at radius 3 is 2.39 bits per heavy atom. The van der Waals surface area contributed by atoms with Crippen LogP contribution in [0.4, 0.5) is 4.39 Å². The molecule has 0 N–H and O–H groups in total. The van der Waals surface area contributed by atoms with E-state index >= 15 is 4.39 Å². The van der Waals surface area contributed by atoms with Gasteiger partial charge in [-0.05, 0) is 74.1 Å². The lowest BCUT2D eigenvalue weighted by Gasteiger charge is -2.44. The van der Waals surface area contributed by atoms with Crippen molar-refractivity contribution in [2.45, 2.75) is 40.2 Å². The second-order valence-electron chi connectivity index (χ2n) is 6.86. The summed E-state index contributed by atoms with van der Waals surface area (Å²) in [6, 6.07) is 8.24. The Morgan fingerprint density at radius 2 is 1.70 bits per heavy atom. The van der Waals surface area contributed by atoms with E-state index in [9.17, 15) is 0 Å². The minimum atomic E-state index is -0.513. The molecule has 1 aliphatic heterocycles. The van der Waals surface area contributed by atoms with Crippen LogP contribution in [-0.4, -0.2) is 11.9 Å². The van der Waals surface area contributed by atoms with Crippen LogP contribution < -0.4 is 0 Å². The second kappa shape index (κ2) is 5.23. The smallest absolute Gasteiger partial charge is 0.132 e. The zero-order valence-corrected chi connectivity index (χ0v) is 14.8. The van der Waals surface area contributed by atoms with Crippen molar-refractivity contribution < 1.29 is 4.39 Å². The van der Waals surface area contributed by atoms with Crippen molar-refractivity contribution in [2.24, 2.45) is 0 Å². The number of hydrogen-bond acceptors (Lipinski definition) is 1. The molecule has 1 nitrogen and oxygen atoms in total. The summed E-state index contributed by atoms with van der Waals surface area (Å²) in [4.78, 5) is 2.12. The molecule has 0 amide bonds. The number of rotatable bonds is 1. The van der Waals surface area contributed by atoms with Gasteiger partial charge in [0.1, 0.15) is 5.82 Å². The first kappa shape index (κ1) is 15.8. The van der Waals surface area contributed by atoms with E-state index in [0.717, 1.165) is 22.3 Å². The van der Waals surface area contributed by atoms with E-state index in [1.54, 1.807) is 0 Å². The quantitative estimate of drug-likeness (QED) is 0.696. The molecule has 23 heavy (non-hydrogen) atoms. The van der Waals surface area contributed by atoms with Crippen LogP contribution in [0.15, 0.2) is 30.5 Å². The van der Waals surface area contributed by atoms with E-state index < -0.39 is 5.54 Å². The topological polar surface area (TPSA) is 3.24 Å². The van der Waals surface area contributed by atoms with Crippen molar-refractivity contribution in [3.63, 3.8) is 0 Å². The van der Waals surface area contributed by atoms with Gasteiger partial charge in [-0.3, -0.25) is 0 Å². The SMILES string of the molecule is Cc1cc(C)c(F)c(C2(C)c3cccc(C)c3C=CN2C)c1C. The van der Waals surface area contributed by atoms with Gasteiger partial charge in [-0.2, -0.15) is 0 Å². The Kier molecular flexibility index (Phi) is 3.59. The molecule has 120 valence electrons. The minimum Gasteiger partial charge on any atom is -0.367 e. The number of halogens is 1. The van der Waals surface area contributed by atoms with Crippen molar-refractivity contribution in [3.8, 4) is 0 Å². The number of aryl methyl sites for hydroxylation is 3. The van der Waals surface area contributed by atoms with Crippen molar-refractivity contribution in [2.75, 3.05) is 7.05 Å². The fourth-order valence-corrected chi connectivity index (χ4v) is 3.80.